The average molecular weight is 366 g/mol. The lowest BCUT2D eigenvalue weighted by molar-refractivity contribution is -0.134. The maximum Gasteiger partial charge on any atom is 0.331 e. The largest absolute Gasteiger partial charge is 0.425 e. The van der Waals surface area contributed by atoms with E-state index in [0.29, 0.717) is 27.3 Å². The van der Waals surface area contributed by atoms with Gasteiger partial charge in [0.15, 0.2) is 0 Å². The fourth-order valence-electron chi connectivity index (χ4n) is 2.99. The number of esters is 1. The number of carbonyl (C=O) groups excluding carboxylic acids is 3. The molecule has 1 aliphatic rings. The minimum atomic E-state index is -0.702. The molecule has 0 aromatic heterocycles. The standard InChI is InChI=1S/C20H12ClNO4/c21-16-9-10-17(13-6-2-1-5-12(13)16)26-18(23)11-22-19(24)14-7-3-4-8-15(14)20(22)25/h1-10H,11H2. The molecule has 0 N–H and O–H groups in total. The second kappa shape index (κ2) is 6.28. The van der Waals surface area contributed by atoms with Crippen LogP contribution in [-0.2, 0) is 4.79 Å². The Kier molecular flexibility index (Phi) is 3.93. The van der Waals surface area contributed by atoms with Gasteiger partial charge in [0.25, 0.3) is 11.8 Å². The second-order valence-electron chi connectivity index (χ2n) is 5.81. The zero-order chi connectivity index (χ0) is 18.3. The summed E-state index contributed by atoms with van der Waals surface area (Å²) in [5.41, 5.74) is 0.587. The molecule has 6 heteroatoms. The Bertz CT molecular complexity index is 1040. The molecule has 0 saturated heterocycles. The highest BCUT2D eigenvalue weighted by Gasteiger charge is 2.36. The Hall–Kier alpha value is -3.18. The summed E-state index contributed by atoms with van der Waals surface area (Å²) in [6.45, 7) is -0.455. The van der Waals surface area contributed by atoms with Gasteiger partial charge in [0.2, 0.25) is 0 Å². The van der Waals surface area contributed by atoms with Gasteiger partial charge in [0, 0.05) is 15.8 Å². The molecule has 2 amide bonds. The number of hydrogen-bond acceptors (Lipinski definition) is 4. The molecule has 128 valence electrons. The van der Waals surface area contributed by atoms with Crippen molar-refractivity contribution < 1.29 is 19.1 Å². The molecule has 4 rings (SSSR count). The van der Waals surface area contributed by atoms with E-state index in [0.717, 1.165) is 10.3 Å². The summed E-state index contributed by atoms with van der Waals surface area (Å²) in [4.78, 5) is 37.9. The smallest absolute Gasteiger partial charge is 0.331 e. The van der Waals surface area contributed by atoms with Crippen LogP contribution in [0.2, 0.25) is 5.02 Å². The Labute approximate surface area is 153 Å². The van der Waals surface area contributed by atoms with Gasteiger partial charge in [-0.2, -0.15) is 0 Å². The van der Waals surface area contributed by atoms with Crippen LogP contribution in [0.15, 0.2) is 60.7 Å². The fraction of sp³-hybridized carbons (Fsp3) is 0.0500. The third kappa shape index (κ3) is 2.62. The first-order chi connectivity index (χ1) is 12.6. The number of fused-ring (bicyclic) bond motifs is 2. The molecule has 3 aromatic rings. The van der Waals surface area contributed by atoms with E-state index in [9.17, 15) is 14.4 Å². The highest BCUT2D eigenvalue weighted by molar-refractivity contribution is 6.35. The molecule has 0 saturated carbocycles. The van der Waals surface area contributed by atoms with Crippen molar-refractivity contribution in [2.24, 2.45) is 0 Å². The molecule has 0 bridgehead atoms. The fourth-order valence-corrected chi connectivity index (χ4v) is 3.22. The van der Waals surface area contributed by atoms with E-state index >= 15 is 0 Å². The summed E-state index contributed by atoms with van der Waals surface area (Å²) in [7, 11) is 0. The van der Waals surface area contributed by atoms with Crippen molar-refractivity contribution in [2.45, 2.75) is 0 Å². The Morgan fingerprint density at radius 2 is 1.42 bits per heavy atom. The molecule has 0 aliphatic carbocycles. The van der Waals surface area contributed by atoms with Crippen LogP contribution in [0.4, 0.5) is 0 Å². The van der Waals surface area contributed by atoms with Gasteiger partial charge in [-0.25, -0.2) is 4.79 Å². The normalized spacial score (nSPS) is 13.2. The van der Waals surface area contributed by atoms with Gasteiger partial charge in [-0.1, -0.05) is 48.0 Å². The molecule has 0 unspecified atom stereocenters. The van der Waals surface area contributed by atoms with Gasteiger partial charge in [-0.05, 0) is 24.3 Å². The Morgan fingerprint density at radius 1 is 0.846 bits per heavy atom. The van der Waals surface area contributed by atoms with E-state index in [1.54, 1.807) is 48.5 Å². The van der Waals surface area contributed by atoms with Crippen LogP contribution in [0.1, 0.15) is 20.7 Å². The van der Waals surface area contributed by atoms with Gasteiger partial charge in [-0.3, -0.25) is 14.5 Å². The van der Waals surface area contributed by atoms with E-state index in [1.165, 1.54) is 0 Å². The first-order valence-corrected chi connectivity index (χ1v) is 8.27. The molecular weight excluding hydrogens is 354 g/mol. The maximum atomic E-state index is 12.3. The zero-order valence-corrected chi connectivity index (χ0v) is 14.2. The first-order valence-electron chi connectivity index (χ1n) is 7.89. The zero-order valence-electron chi connectivity index (χ0n) is 13.4. The lowest BCUT2D eigenvalue weighted by Gasteiger charge is -2.14. The predicted molar refractivity (Wildman–Crippen MR) is 96.4 cm³/mol. The number of imide groups is 1. The molecule has 26 heavy (non-hydrogen) atoms. The Morgan fingerprint density at radius 3 is 2.08 bits per heavy atom. The van der Waals surface area contributed by atoms with Crippen LogP contribution in [-0.4, -0.2) is 29.2 Å². The molecule has 0 spiro atoms. The van der Waals surface area contributed by atoms with E-state index in [4.69, 9.17) is 16.3 Å². The number of ether oxygens (including phenoxy) is 1. The van der Waals surface area contributed by atoms with E-state index < -0.39 is 24.3 Å². The van der Waals surface area contributed by atoms with Crippen LogP contribution in [0.5, 0.6) is 5.75 Å². The second-order valence-corrected chi connectivity index (χ2v) is 6.21. The number of amides is 2. The predicted octanol–water partition coefficient (Wildman–Crippen LogP) is 3.69. The highest BCUT2D eigenvalue weighted by atomic mass is 35.5. The number of carbonyl (C=O) groups is 3. The van der Waals surface area contributed by atoms with Gasteiger partial charge < -0.3 is 4.74 Å². The molecular formula is C20H12ClNO4. The minimum absolute atomic E-state index is 0.294. The van der Waals surface area contributed by atoms with Crippen LogP contribution in [0.3, 0.4) is 0 Å². The summed E-state index contributed by atoms with van der Waals surface area (Å²) in [5.74, 6) is -1.37. The van der Waals surface area contributed by atoms with E-state index in [-0.39, 0.29) is 0 Å². The summed E-state index contributed by atoms with van der Waals surface area (Å²) >= 11 is 6.15. The summed E-state index contributed by atoms with van der Waals surface area (Å²) in [5, 5.41) is 1.97. The molecule has 0 fully saturated rings. The van der Waals surface area contributed by atoms with Gasteiger partial charge >= 0.3 is 5.97 Å². The molecule has 1 heterocycles. The topological polar surface area (TPSA) is 63.7 Å². The highest BCUT2D eigenvalue weighted by Crippen LogP contribution is 2.31. The van der Waals surface area contributed by atoms with Crippen LogP contribution in [0, 0.1) is 0 Å². The number of rotatable bonds is 3. The van der Waals surface area contributed by atoms with Crippen molar-refractivity contribution in [1.29, 1.82) is 0 Å². The molecule has 3 aromatic carbocycles. The van der Waals surface area contributed by atoms with Crippen molar-refractivity contribution in [2.75, 3.05) is 6.54 Å². The molecule has 5 nitrogen and oxygen atoms in total. The SMILES string of the molecule is O=C(CN1C(=O)c2ccccc2C1=O)Oc1ccc(Cl)c2ccccc12. The maximum absolute atomic E-state index is 12.3. The summed E-state index contributed by atoms with van der Waals surface area (Å²) < 4.78 is 5.40. The summed E-state index contributed by atoms with van der Waals surface area (Å²) in [6.07, 6.45) is 0. The Balaban J connectivity index is 1.57. The van der Waals surface area contributed by atoms with Crippen molar-refractivity contribution in [3.05, 3.63) is 76.8 Å². The lowest BCUT2D eigenvalue weighted by Crippen LogP contribution is -2.36. The van der Waals surface area contributed by atoms with E-state index in [1.807, 2.05) is 12.1 Å². The van der Waals surface area contributed by atoms with Gasteiger partial charge in [0.05, 0.1) is 11.1 Å². The summed E-state index contributed by atoms with van der Waals surface area (Å²) in [6, 6.07) is 16.9. The number of nitrogens with zero attached hydrogens (tertiary/aromatic N) is 1. The average Bonchev–Trinajstić information content (AvgIpc) is 2.90. The molecule has 0 atom stereocenters. The van der Waals surface area contributed by atoms with Crippen molar-refractivity contribution >= 4 is 40.2 Å². The van der Waals surface area contributed by atoms with Crippen molar-refractivity contribution in [1.82, 2.24) is 4.90 Å². The quantitative estimate of drug-likeness (QED) is 0.403. The van der Waals surface area contributed by atoms with Crippen molar-refractivity contribution in [3.63, 3.8) is 0 Å². The molecule has 1 aliphatic heterocycles. The van der Waals surface area contributed by atoms with Crippen LogP contribution < -0.4 is 4.74 Å². The van der Waals surface area contributed by atoms with E-state index in [2.05, 4.69) is 0 Å². The van der Waals surface area contributed by atoms with Crippen LogP contribution in [0.25, 0.3) is 10.8 Å². The number of benzene rings is 3. The van der Waals surface area contributed by atoms with Crippen molar-refractivity contribution in [3.8, 4) is 5.75 Å². The number of halogens is 1. The van der Waals surface area contributed by atoms with Gasteiger partial charge in [-0.15, -0.1) is 0 Å². The lowest BCUT2D eigenvalue weighted by atomic mass is 10.1. The monoisotopic (exact) mass is 365 g/mol. The third-order valence-corrected chi connectivity index (χ3v) is 4.55. The molecule has 0 radical (unpaired) electrons. The third-order valence-electron chi connectivity index (χ3n) is 4.22. The minimum Gasteiger partial charge on any atom is -0.425 e. The van der Waals surface area contributed by atoms with Crippen LogP contribution >= 0.6 is 11.6 Å². The van der Waals surface area contributed by atoms with Gasteiger partial charge in [0.1, 0.15) is 12.3 Å². The first kappa shape index (κ1) is 16.3. The number of hydrogen-bond donors (Lipinski definition) is 0.